The normalized spacial score (nSPS) is 16.5. The Morgan fingerprint density at radius 3 is 2.47 bits per heavy atom. The molecule has 4 radical (unpaired) electrons. The largest absolute Gasteiger partial charge is 0 e. The summed E-state index contributed by atoms with van der Waals surface area (Å²) in [5.74, 6) is 0. The van der Waals surface area contributed by atoms with Crippen LogP contribution in [0.1, 0.15) is 30.4 Å². The first-order chi connectivity index (χ1) is 13.7. The zero-order valence-electron chi connectivity index (χ0n) is 18.2. The minimum absolute atomic E-state index is 0. The van der Waals surface area contributed by atoms with Crippen molar-refractivity contribution in [3.05, 3.63) is 71.9 Å². The van der Waals surface area contributed by atoms with Crippen LogP contribution in [0.3, 0.4) is 0 Å². The smallest absolute Gasteiger partial charge is 0 e. The van der Waals surface area contributed by atoms with Crippen molar-refractivity contribution < 1.29 is 37.3 Å². The van der Waals surface area contributed by atoms with E-state index in [1.807, 2.05) is 16.5 Å². The van der Waals surface area contributed by atoms with Crippen molar-refractivity contribution >= 4 is 26.1 Å². The number of aryl methyl sites for hydroxylation is 3. The molecule has 0 atom stereocenters. The molecule has 0 amide bonds. The van der Waals surface area contributed by atoms with E-state index < -0.39 is 13.3 Å². The van der Waals surface area contributed by atoms with Crippen molar-refractivity contribution in [3.8, 4) is 22.4 Å². The first kappa shape index (κ1) is 24.0. The van der Waals surface area contributed by atoms with Crippen LogP contribution in [0.25, 0.3) is 22.4 Å². The third kappa shape index (κ3) is 4.30. The number of nitrogens with zero attached hydrogens (tertiary/aromatic N) is 1. The van der Waals surface area contributed by atoms with Gasteiger partial charge in [0.2, 0.25) is 0 Å². The molecule has 1 aromatic heterocycles. The molecule has 0 aliphatic carbocycles. The predicted molar refractivity (Wildman–Crippen MR) is 124 cm³/mol. The second kappa shape index (κ2) is 9.84. The maximum atomic E-state index is 3.72. The molecule has 148 valence electrons. The summed E-state index contributed by atoms with van der Waals surface area (Å²) in [6, 6.07) is 22.2. The van der Waals surface area contributed by atoms with Crippen LogP contribution in [0, 0.1) is 19.1 Å². The Labute approximate surface area is 211 Å². The number of hydrogen-bond donors (Lipinski definition) is 0. The second-order valence-electron chi connectivity index (χ2n) is 8.76. The fourth-order valence-electron chi connectivity index (χ4n) is 5.50. The van der Waals surface area contributed by atoms with E-state index in [2.05, 4.69) is 67.2 Å². The van der Waals surface area contributed by atoms with E-state index in [1.54, 1.807) is 21.3 Å². The van der Waals surface area contributed by atoms with E-state index in [0.717, 1.165) is 11.1 Å². The Kier molecular flexibility index (Phi) is 7.86. The molecule has 0 unspecified atom stereocenters. The molecule has 30 heavy (non-hydrogen) atoms. The molecular formula is C26H28BGeNY-. The van der Waals surface area contributed by atoms with Crippen LogP contribution in [-0.4, -0.2) is 21.7 Å². The van der Waals surface area contributed by atoms with Crippen molar-refractivity contribution in [3.63, 3.8) is 0 Å². The Bertz CT molecular complexity index is 1030. The summed E-state index contributed by atoms with van der Waals surface area (Å²) < 4.78 is 4.22. The number of benzene rings is 2. The zero-order valence-corrected chi connectivity index (χ0v) is 23.1. The molecule has 5 rings (SSSR count). The minimum atomic E-state index is -1.79. The quantitative estimate of drug-likeness (QED) is 0.257. The average molecular weight is 527 g/mol. The Morgan fingerprint density at radius 2 is 1.73 bits per heavy atom. The average Bonchev–Trinajstić information content (AvgIpc) is 3.19. The molecular weight excluding hydrogens is 499 g/mol. The van der Waals surface area contributed by atoms with Gasteiger partial charge in [0, 0.05) is 41.1 Å². The van der Waals surface area contributed by atoms with Crippen molar-refractivity contribution in [1.82, 2.24) is 0 Å². The van der Waals surface area contributed by atoms with E-state index in [1.165, 1.54) is 42.5 Å². The molecule has 0 bridgehead atoms. The zero-order chi connectivity index (χ0) is 19.1. The van der Waals surface area contributed by atoms with Gasteiger partial charge in [-0.15, -0.1) is 0 Å². The van der Waals surface area contributed by atoms with E-state index in [4.69, 9.17) is 0 Å². The molecule has 4 heteroatoms. The van der Waals surface area contributed by atoms with Crippen molar-refractivity contribution in [2.75, 3.05) is 0 Å². The summed E-state index contributed by atoms with van der Waals surface area (Å²) in [7, 11) is 2.24. The summed E-state index contributed by atoms with van der Waals surface area (Å²) in [4.78, 5) is 0. The molecule has 2 aliphatic rings. The first-order valence-electron chi connectivity index (χ1n) is 10.7. The molecule has 0 N–H and O–H groups in total. The number of hydrogen-bond acceptors (Lipinski definition) is 0. The van der Waals surface area contributed by atoms with Crippen LogP contribution < -0.4 is 8.96 Å². The van der Waals surface area contributed by atoms with Gasteiger partial charge in [0.05, 0.1) is 0 Å². The van der Waals surface area contributed by atoms with Gasteiger partial charge in [-0.2, -0.15) is 0 Å². The molecule has 3 aromatic rings. The topological polar surface area (TPSA) is 3.88 Å². The summed E-state index contributed by atoms with van der Waals surface area (Å²) in [6.45, 7) is 2.21. The summed E-state index contributed by atoms with van der Waals surface area (Å²) >= 11 is -1.79. The molecule has 1 nitrogen and oxygen atoms in total. The van der Waals surface area contributed by atoms with Crippen LogP contribution >= 0.6 is 0 Å². The first-order valence-corrected chi connectivity index (χ1v) is 16.2. The summed E-state index contributed by atoms with van der Waals surface area (Å²) in [6.07, 6.45) is 8.17. The van der Waals surface area contributed by atoms with E-state index in [-0.39, 0.29) is 41.1 Å². The van der Waals surface area contributed by atoms with Crippen molar-refractivity contribution in [2.45, 2.75) is 48.4 Å². The Hall–Kier alpha value is -0.698. The van der Waals surface area contributed by atoms with Gasteiger partial charge < -0.3 is 0 Å². The third-order valence-electron chi connectivity index (χ3n) is 7.00. The van der Waals surface area contributed by atoms with Gasteiger partial charge in [0.25, 0.3) is 0 Å². The van der Waals surface area contributed by atoms with Crippen LogP contribution in [0.2, 0.25) is 15.8 Å². The van der Waals surface area contributed by atoms with Gasteiger partial charge in [-0.3, -0.25) is 0 Å². The second-order valence-corrected chi connectivity index (χ2v) is 18.4. The van der Waals surface area contributed by atoms with Crippen molar-refractivity contribution in [2.24, 2.45) is 7.05 Å². The maximum Gasteiger partial charge on any atom is 0 e. The van der Waals surface area contributed by atoms with Gasteiger partial charge >= 0.3 is 172 Å². The molecule has 2 aromatic carbocycles. The predicted octanol–water partition coefficient (Wildman–Crippen LogP) is 4.77. The number of fused-ring (bicyclic) bond motifs is 2. The Morgan fingerprint density at radius 1 is 0.967 bits per heavy atom. The number of pyridine rings is 1. The molecule has 0 saturated carbocycles. The number of aromatic nitrogens is 1. The molecule has 1 spiro atoms. The molecule has 3 heterocycles. The third-order valence-corrected chi connectivity index (χ3v) is 18.6. The minimum Gasteiger partial charge on any atom is 0 e. The van der Waals surface area contributed by atoms with Crippen LogP contribution in [0.4, 0.5) is 0 Å². The summed E-state index contributed by atoms with van der Waals surface area (Å²) in [5.41, 5.74) is 7.74. The van der Waals surface area contributed by atoms with E-state index in [0.29, 0.717) is 0 Å². The fourth-order valence-corrected chi connectivity index (χ4v) is 17.3. The van der Waals surface area contributed by atoms with E-state index in [9.17, 15) is 0 Å². The van der Waals surface area contributed by atoms with Gasteiger partial charge in [-0.25, -0.2) is 0 Å². The van der Waals surface area contributed by atoms with Crippen LogP contribution in [-0.2, 0) is 46.2 Å². The SMILES string of the molecule is Cc1ccc(-c2[c-]cccc2)[c-]c1-c1cc2[c](c[n+]1C)[Ge]1([CH2]CC[CH2]1)[CH2]CC2.[B].[Y]. The maximum absolute atomic E-state index is 3.72. The van der Waals surface area contributed by atoms with Gasteiger partial charge in [0.15, 0.2) is 0 Å². The van der Waals surface area contributed by atoms with Gasteiger partial charge in [-0.1, -0.05) is 0 Å². The fraction of sp³-hybridized carbons (Fsp3) is 0.346. The Balaban J connectivity index is 0.00000128. The standard InChI is InChI=1S/C26H28GeN.B.Y/c1-20-12-13-22(21-9-4-3-5-10-21)17-24(20)26-18-23-11-8-16-27(14-6-7-15-27)25(23)19-28(26)2;;/h3-5,9,12-13,18-19H,6-8,11,14-16H2,1-2H3;;/q-1;;. The van der Waals surface area contributed by atoms with Gasteiger partial charge in [-0.05, 0) is 0 Å². The van der Waals surface area contributed by atoms with Crippen LogP contribution in [0.5, 0.6) is 0 Å². The van der Waals surface area contributed by atoms with Gasteiger partial charge in [0.1, 0.15) is 0 Å². The summed E-state index contributed by atoms with van der Waals surface area (Å²) in [5, 5.41) is 4.70. The molecule has 2 aliphatic heterocycles. The van der Waals surface area contributed by atoms with E-state index >= 15 is 0 Å². The van der Waals surface area contributed by atoms with Crippen molar-refractivity contribution in [1.29, 1.82) is 0 Å². The van der Waals surface area contributed by atoms with Crippen LogP contribution in [0.15, 0.2) is 48.7 Å². The molecule has 1 saturated heterocycles. The molecule has 1 fully saturated rings. The monoisotopic (exact) mass is 528 g/mol. The number of rotatable bonds is 2.